The van der Waals surface area contributed by atoms with Gasteiger partial charge in [0.25, 0.3) is 0 Å². The first-order valence-electron chi connectivity index (χ1n) is 9.22. The molecule has 0 saturated carbocycles. The van der Waals surface area contributed by atoms with Gasteiger partial charge in [0, 0.05) is 18.3 Å². The third-order valence-electron chi connectivity index (χ3n) is 4.77. The van der Waals surface area contributed by atoms with Crippen molar-refractivity contribution in [2.24, 2.45) is 0 Å². The number of ether oxygens (including phenoxy) is 2. The highest BCUT2D eigenvalue weighted by Gasteiger charge is 2.11. The second-order valence-corrected chi connectivity index (χ2v) is 6.64. The molecule has 1 N–H and O–H groups in total. The van der Waals surface area contributed by atoms with Crippen LogP contribution in [-0.2, 0) is 6.61 Å². The summed E-state index contributed by atoms with van der Waals surface area (Å²) in [6.07, 6.45) is 0. The zero-order chi connectivity index (χ0) is 20.1. The van der Waals surface area contributed by atoms with Crippen molar-refractivity contribution in [2.45, 2.75) is 20.5 Å². The van der Waals surface area contributed by atoms with Gasteiger partial charge in [-0.3, -0.25) is 4.79 Å². The monoisotopic (exact) mass is 375 g/mol. The zero-order valence-corrected chi connectivity index (χ0v) is 16.7. The number of hydrogen-bond acceptors (Lipinski definition) is 4. The SMILES string of the molecule is CNc1cccc(OC)c1COc1ccc(-c2cccc(C(C)=O)c2)cc1C. The average molecular weight is 375 g/mol. The van der Waals surface area contributed by atoms with E-state index in [0.29, 0.717) is 12.2 Å². The predicted octanol–water partition coefficient (Wildman–Crippen LogP) is 5.49. The molecule has 3 aromatic rings. The smallest absolute Gasteiger partial charge is 0.159 e. The fourth-order valence-corrected chi connectivity index (χ4v) is 3.20. The van der Waals surface area contributed by atoms with Crippen molar-refractivity contribution < 1.29 is 14.3 Å². The maximum Gasteiger partial charge on any atom is 0.159 e. The maximum atomic E-state index is 11.6. The minimum Gasteiger partial charge on any atom is -0.496 e. The minimum atomic E-state index is 0.0654. The number of Topliss-reactive ketones (excluding diaryl/α,β-unsaturated/α-hetero) is 1. The standard InChI is InChI=1S/C24H25NO3/c1-16-13-20(19-8-5-7-18(14-19)17(2)26)11-12-23(16)28-15-21-22(25-3)9-6-10-24(21)27-4/h5-14,25H,15H2,1-4H3. The normalized spacial score (nSPS) is 10.4. The highest BCUT2D eigenvalue weighted by molar-refractivity contribution is 5.95. The molecule has 0 saturated heterocycles. The van der Waals surface area contributed by atoms with Gasteiger partial charge in [-0.2, -0.15) is 0 Å². The van der Waals surface area contributed by atoms with Crippen LogP contribution in [0.1, 0.15) is 28.4 Å². The molecule has 0 amide bonds. The molecule has 4 nitrogen and oxygen atoms in total. The molecule has 0 atom stereocenters. The Hall–Kier alpha value is -3.27. The summed E-state index contributed by atoms with van der Waals surface area (Å²) in [5.41, 5.74) is 5.78. The summed E-state index contributed by atoms with van der Waals surface area (Å²) in [5.74, 6) is 1.68. The lowest BCUT2D eigenvalue weighted by molar-refractivity contribution is 0.101. The summed E-state index contributed by atoms with van der Waals surface area (Å²) in [7, 11) is 3.54. The second kappa shape index (κ2) is 8.61. The molecular formula is C24H25NO3. The third-order valence-corrected chi connectivity index (χ3v) is 4.77. The number of methoxy groups -OCH3 is 1. The first-order valence-corrected chi connectivity index (χ1v) is 9.22. The molecule has 0 aliphatic rings. The molecule has 0 unspecified atom stereocenters. The molecule has 0 aliphatic carbocycles. The number of carbonyl (C=O) groups excluding carboxylic acids is 1. The van der Waals surface area contributed by atoms with Gasteiger partial charge in [-0.15, -0.1) is 0 Å². The van der Waals surface area contributed by atoms with Gasteiger partial charge in [0.1, 0.15) is 18.1 Å². The lowest BCUT2D eigenvalue weighted by Crippen LogP contribution is -2.04. The molecule has 0 spiro atoms. The Morgan fingerprint density at radius 1 is 0.964 bits per heavy atom. The first kappa shape index (κ1) is 19.5. The van der Waals surface area contributed by atoms with Crippen LogP contribution in [0.2, 0.25) is 0 Å². The number of aryl methyl sites for hydroxylation is 1. The van der Waals surface area contributed by atoms with Gasteiger partial charge in [-0.25, -0.2) is 0 Å². The number of ketones is 1. The number of hydrogen-bond donors (Lipinski definition) is 1. The van der Waals surface area contributed by atoms with Gasteiger partial charge in [0.05, 0.1) is 12.7 Å². The molecule has 0 heterocycles. The molecule has 4 heteroatoms. The summed E-state index contributed by atoms with van der Waals surface area (Å²) in [5, 5.41) is 3.18. The molecular weight excluding hydrogens is 350 g/mol. The predicted molar refractivity (Wildman–Crippen MR) is 113 cm³/mol. The zero-order valence-electron chi connectivity index (χ0n) is 16.7. The number of nitrogens with one attached hydrogen (secondary N) is 1. The average Bonchev–Trinajstić information content (AvgIpc) is 2.72. The fourth-order valence-electron chi connectivity index (χ4n) is 3.20. The van der Waals surface area contributed by atoms with Crippen LogP contribution in [0.4, 0.5) is 5.69 Å². The molecule has 0 aliphatic heterocycles. The first-order chi connectivity index (χ1) is 13.5. The molecule has 3 rings (SSSR count). The highest BCUT2D eigenvalue weighted by Crippen LogP contribution is 2.30. The summed E-state index contributed by atoms with van der Waals surface area (Å²) >= 11 is 0. The van der Waals surface area contributed by atoms with E-state index in [2.05, 4.69) is 11.4 Å². The van der Waals surface area contributed by atoms with Gasteiger partial charge in [0.2, 0.25) is 0 Å². The van der Waals surface area contributed by atoms with E-state index in [4.69, 9.17) is 9.47 Å². The van der Waals surface area contributed by atoms with E-state index in [1.165, 1.54) is 0 Å². The Kier molecular flexibility index (Phi) is 5.99. The maximum absolute atomic E-state index is 11.6. The van der Waals surface area contributed by atoms with Crippen molar-refractivity contribution in [2.75, 3.05) is 19.5 Å². The largest absolute Gasteiger partial charge is 0.496 e. The minimum absolute atomic E-state index is 0.0654. The van der Waals surface area contributed by atoms with E-state index in [0.717, 1.165) is 39.4 Å². The van der Waals surface area contributed by atoms with Crippen molar-refractivity contribution in [3.8, 4) is 22.6 Å². The van der Waals surface area contributed by atoms with Crippen LogP contribution in [0.25, 0.3) is 11.1 Å². The summed E-state index contributed by atoms with van der Waals surface area (Å²) < 4.78 is 11.6. The molecule has 3 aromatic carbocycles. The number of anilines is 1. The molecule has 0 aromatic heterocycles. The molecule has 28 heavy (non-hydrogen) atoms. The van der Waals surface area contributed by atoms with Crippen LogP contribution < -0.4 is 14.8 Å². The Balaban J connectivity index is 1.83. The summed E-state index contributed by atoms with van der Waals surface area (Å²) in [6.45, 7) is 4.01. The lowest BCUT2D eigenvalue weighted by Gasteiger charge is -2.16. The Labute approximate surface area is 166 Å². The molecule has 0 radical (unpaired) electrons. The molecule has 0 bridgehead atoms. The summed E-state index contributed by atoms with van der Waals surface area (Å²) in [6, 6.07) is 19.6. The van der Waals surface area contributed by atoms with Crippen LogP contribution >= 0.6 is 0 Å². The van der Waals surface area contributed by atoms with Gasteiger partial charge >= 0.3 is 0 Å². The van der Waals surface area contributed by atoms with Crippen LogP contribution in [0.5, 0.6) is 11.5 Å². The fraction of sp³-hybridized carbons (Fsp3) is 0.208. The Morgan fingerprint density at radius 3 is 2.39 bits per heavy atom. The van der Waals surface area contributed by atoms with E-state index in [1.807, 2.05) is 68.6 Å². The number of rotatable bonds is 7. The lowest BCUT2D eigenvalue weighted by atomic mass is 10.00. The van der Waals surface area contributed by atoms with Gasteiger partial charge < -0.3 is 14.8 Å². The van der Waals surface area contributed by atoms with E-state index in [1.54, 1.807) is 14.0 Å². The summed E-state index contributed by atoms with van der Waals surface area (Å²) in [4.78, 5) is 11.6. The van der Waals surface area contributed by atoms with E-state index in [-0.39, 0.29) is 5.78 Å². The van der Waals surface area contributed by atoms with Crippen LogP contribution in [0, 0.1) is 6.92 Å². The Bertz CT molecular complexity index is 973. The third kappa shape index (κ3) is 4.17. The van der Waals surface area contributed by atoms with Crippen LogP contribution in [0.15, 0.2) is 60.7 Å². The van der Waals surface area contributed by atoms with E-state index < -0.39 is 0 Å². The van der Waals surface area contributed by atoms with E-state index in [9.17, 15) is 4.79 Å². The van der Waals surface area contributed by atoms with Crippen molar-refractivity contribution in [3.63, 3.8) is 0 Å². The van der Waals surface area contributed by atoms with Gasteiger partial charge in [-0.05, 0) is 60.9 Å². The Morgan fingerprint density at radius 2 is 1.71 bits per heavy atom. The van der Waals surface area contributed by atoms with Crippen molar-refractivity contribution >= 4 is 11.5 Å². The van der Waals surface area contributed by atoms with Crippen LogP contribution in [-0.4, -0.2) is 19.9 Å². The second-order valence-electron chi connectivity index (χ2n) is 6.64. The number of benzene rings is 3. The van der Waals surface area contributed by atoms with Crippen molar-refractivity contribution in [3.05, 3.63) is 77.4 Å². The van der Waals surface area contributed by atoms with E-state index >= 15 is 0 Å². The van der Waals surface area contributed by atoms with Crippen molar-refractivity contribution in [1.29, 1.82) is 0 Å². The quantitative estimate of drug-likeness (QED) is 0.555. The topological polar surface area (TPSA) is 47.6 Å². The van der Waals surface area contributed by atoms with Gasteiger partial charge in [0.15, 0.2) is 5.78 Å². The number of carbonyl (C=O) groups is 1. The molecule has 144 valence electrons. The molecule has 0 fully saturated rings. The highest BCUT2D eigenvalue weighted by atomic mass is 16.5. The van der Waals surface area contributed by atoms with Crippen molar-refractivity contribution in [1.82, 2.24) is 0 Å². The van der Waals surface area contributed by atoms with Crippen LogP contribution in [0.3, 0.4) is 0 Å². The van der Waals surface area contributed by atoms with Gasteiger partial charge in [-0.1, -0.05) is 30.3 Å².